The third-order valence-electron chi connectivity index (χ3n) is 6.08. The summed E-state index contributed by atoms with van der Waals surface area (Å²) in [6.45, 7) is 7.52. The van der Waals surface area contributed by atoms with E-state index < -0.39 is 0 Å². The molecule has 2 aromatic heterocycles. The van der Waals surface area contributed by atoms with Crippen LogP contribution >= 0.6 is 24.0 Å². The number of carbonyl (C=O) groups excluding carboxylic acids is 1. The third-order valence-corrected chi connectivity index (χ3v) is 7.46. The SMILES string of the molecule is COc1ccc(CCN2C(=O)/C(=C/c3c(NCCCOC(C)C)nc4c(C)cccn4c3=O)SC2=S)cc1. The van der Waals surface area contributed by atoms with Gasteiger partial charge in [0.1, 0.15) is 21.5 Å². The first-order valence-electron chi connectivity index (χ1n) is 12.5. The number of fused-ring (bicyclic) bond motifs is 1. The summed E-state index contributed by atoms with van der Waals surface area (Å²) in [5.74, 6) is 1.01. The molecule has 3 heterocycles. The summed E-state index contributed by atoms with van der Waals surface area (Å²) in [6.07, 6.45) is 4.86. The molecule has 8 nitrogen and oxygen atoms in total. The van der Waals surface area contributed by atoms with E-state index in [1.165, 1.54) is 16.2 Å². The highest BCUT2D eigenvalue weighted by Crippen LogP contribution is 2.33. The fourth-order valence-corrected chi connectivity index (χ4v) is 5.32. The monoisotopic (exact) mass is 552 g/mol. The molecule has 1 aliphatic heterocycles. The molecule has 38 heavy (non-hydrogen) atoms. The number of hydrogen-bond acceptors (Lipinski definition) is 8. The summed E-state index contributed by atoms with van der Waals surface area (Å²) in [5, 5.41) is 3.29. The second-order valence-corrected chi connectivity index (χ2v) is 10.9. The van der Waals surface area contributed by atoms with Gasteiger partial charge in [0.05, 0.1) is 23.7 Å². The number of pyridine rings is 1. The molecule has 1 saturated heterocycles. The lowest BCUT2D eigenvalue weighted by molar-refractivity contribution is -0.122. The number of amides is 1. The Labute approximate surface area is 232 Å². The standard InChI is InChI=1S/C28H32N4O4S2/c1-18(2)36-16-6-13-29-24-22(26(33)31-14-5-7-19(3)25(31)30-24)17-23-27(34)32(28(37)38-23)15-12-20-8-10-21(35-4)11-9-20/h5,7-11,14,17-18,29H,6,12-13,15-16H2,1-4H3/b23-17-. The van der Waals surface area contributed by atoms with Crippen molar-refractivity contribution in [3.63, 3.8) is 0 Å². The van der Waals surface area contributed by atoms with Gasteiger partial charge in [-0.25, -0.2) is 4.98 Å². The first kappa shape index (κ1) is 27.8. The van der Waals surface area contributed by atoms with Crippen LogP contribution in [-0.4, -0.2) is 57.4 Å². The quantitative estimate of drug-likeness (QED) is 0.209. The molecule has 10 heteroatoms. The highest BCUT2D eigenvalue weighted by atomic mass is 32.2. The Bertz CT molecular complexity index is 1420. The maximum absolute atomic E-state index is 13.5. The van der Waals surface area contributed by atoms with Crippen LogP contribution in [0.15, 0.2) is 52.3 Å². The van der Waals surface area contributed by atoms with Crippen LogP contribution in [0.5, 0.6) is 5.75 Å². The Kier molecular flexibility index (Phi) is 9.19. The third kappa shape index (κ3) is 6.43. The molecule has 1 aromatic carbocycles. The molecule has 200 valence electrons. The zero-order valence-electron chi connectivity index (χ0n) is 22.0. The van der Waals surface area contributed by atoms with Crippen LogP contribution in [0.25, 0.3) is 11.7 Å². The highest BCUT2D eigenvalue weighted by molar-refractivity contribution is 8.26. The fraction of sp³-hybridized carbons (Fsp3) is 0.357. The van der Waals surface area contributed by atoms with Crippen molar-refractivity contribution in [1.29, 1.82) is 0 Å². The van der Waals surface area contributed by atoms with E-state index >= 15 is 0 Å². The van der Waals surface area contributed by atoms with Crippen LogP contribution in [0.4, 0.5) is 5.82 Å². The predicted octanol–water partition coefficient (Wildman–Crippen LogP) is 4.68. The van der Waals surface area contributed by atoms with Gasteiger partial charge in [0.25, 0.3) is 11.5 Å². The van der Waals surface area contributed by atoms with Gasteiger partial charge < -0.3 is 14.8 Å². The van der Waals surface area contributed by atoms with Gasteiger partial charge in [-0.2, -0.15) is 0 Å². The lowest BCUT2D eigenvalue weighted by Gasteiger charge is -2.14. The molecule has 1 N–H and O–H groups in total. The number of carbonyl (C=O) groups is 1. The van der Waals surface area contributed by atoms with E-state index in [0.29, 0.717) is 52.4 Å². The van der Waals surface area contributed by atoms with Gasteiger partial charge in [-0.1, -0.05) is 42.2 Å². The number of hydrogen-bond donors (Lipinski definition) is 1. The number of benzene rings is 1. The lowest BCUT2D eigenvalue weighted by Crippen LogP contribution is -2.30. The van der Waals surface area contributed by atoms with Crippen molar-refractivity contribution in [2.24, 2.45) is 0 Å². The molecule has 0 atom stereocenters. The largest absolute Gasteiger partial charge is 0.497 e. The van der Waals surface area contributed by atoms with Gasteiger partial charge in [0.15, 0.2) is 0 Å². The Hall–Kier alpha value is -3.21. The molecule has 4 rings (SSSR count). The Morgan fingerprint density at radius 1 is 1.18 bits per heavy atom. The minimum absolute atomic E-state index is 0.156. The first-order valence-corrected chi connectivity index (χ1v) is 13.8. The van der Waals surface area contributed by atoms with Gasteiger partial charge >= 0.3 is 0 Å². The van der Waals surface area contributed by atoms with Crippen molar-refractivity contribution >= 4 is 51.7 Å². The van der Waals surface area contributed by atoms with Crippen LogP contribution in [-0.2, 0) is 16.0 Å². The van der Waals surface area contributed by atoms with E-state index in [1.807, 2.05) is 57.2 Å². The molecule has 0 saturated carbocycles. The number of aryl methyl sites for hydroxylation is 1. The van der Waals surface area contributed by atoms with Gasteiger partial charge in [-0.3, -0.25) is 18.9 Å². The van der Waals surface area contributed by atoms with E-state index in [2.05, 4.69) is 5.32 Å². The van der Waals surface area contributed by atoms with Gasteiger partial charge in [0.2, 0.25) is 0 Å². The molecule has 0 unspecified atom stereocenters. The molecule has 0 radical (unpaired) electrons. The normalized spacial score (nSPS) is 14.8. The average molecular weight is 553 g/mol. The average Bonchev–Trinajstić information content (AvgIpc) is 3.17. The predicted molar refractivity (Wildman–Crippen MR) is 157 cm³/mol. The second kappa shape index (κ2) is 12.6. The first-order chi connectivity index (χ1) is 18.3. The zero-order chi connectivity index (χ0) is 27.2. The molecule has 1 fully saturated rings. The van der Waals surface area contributed by atoms with Crippen LogP contribution in [0, 0.1) is 6.92 Å². The fourth-order valence-electron chi connectivity index (χ4n) is 4.03. The molecule has 1 amide bonds. The van der Waals surface area contributed by atoms with Gasteiger partial charge in [0, 0.05) is 25.9 Å². The number of nitrogens with one attached hydrogen (secondary N) is 1. The summed E-state index contributed by atoms with van der Waals surface area (Å²) in [7, 11) is 1.63. The molecule has 0 spiro atoms. The number of rotatable bonds is 11. The second-order valence-electron chi connectivity index (χ2n) is 9.20. The van der Waals surface area contributed by atoms with Crippen molar-refractivity contribution in [3.05, 3.63) is 74.5 Å². The number of aromatic nitrogens is 2. The van der Waals surface area contributed by atoms with E-state index in [-0.39, 0.29) is 17.6 Å². The number of methoxy groups -OCH3 is 1. The summed E-state index contributed by atoms with van der Waals surface area (Å²) in [5.41, 5.74) is 2.61. The summed E-state index contributed by atoms with van der Waals surface area (Å²) >= 11 is 6.73. The number of thiocarbonyl (C=S) groups is 1. The highest BCUT2D eigenvalue weighted by Gasteiger charge is 2.32. The Morgan fingerprint density at radius 3 is 2.66 bits per heavy atom. The molecule has 1 aliphatic rings. The van der Waals surface area contributed by atoms with Crippen LogP contribution in [0.3, 0.4) is 0 Å². The summed E-state index contributed by atoms with van der Waals surface area (Å²) < 4.78 is 12.8. The van der Waals surface area contributed by atoms with Crippen LogP contribution in [0.2, 0.25) is 0 Å². The topological polar surface area (TPSA) is 85.2 Å². The zero-order valence-corrected chi connectivity index (χ0v) is 23.7. The maximum atomic E-state index is 13.5. The molecular weight excluding hydrogens is 520 g/mol. The van der Waals surface area contributed by atoms with E-state index in [0.717, 1.165) is 23.3 Å². The van der Waals surface area contributed by atoms with Crippen molar-refractivity contribution in [3.8, 4) is 5.75 Å². The minimum atomic E-state index is -0.247. The van der Waals surface area contributed by atoms with Crippen LogP contribution < -0.4 is 15.6 Å². The van der Waals surface area contributed by atoms with E-state index in [9.17, 15) is 9.59 Å². The smallest absolute Gasteiger partial charge is 0.267 e. The Balaban J connectivity index is 1.58. The van der Waals surface area contributed by atoms with E-state index in [1.54, 1.807) is 24.3 Å². The van der Waals surface area contributed by atoms with Crippen molar-refractivity contribution in [2.45, 2.75) is 39.7 Å². The molecule has 3 aromatic rings. The Morgan fingerprint density at radius 2 is 1.95 bits per heavy atom. The number of nitrogens with zero attached hydrogens (tertiary/aromatic N) is 3. The van der Waals surface area contributed by atoms with Crippen molar-refractivity contribution in [2.75, 3.05) is 32.1 Å². The maximum Gasteiger partial charge on any atom is 0.267 e. The summed E-state index contributed by atoms with van der Waals surface area (Å²) in [4.78, 5) is 33.6. The lowest BCUT2D eigenvalue weighted by atomic mass is 10.1. The molecule has 0 bridgehead atoms. The number of anilines is 1. The number of ether oxygens (including phenoxy) is 2. The molecular formula is C28H32N4O4S2. The van der Waals surface area contributed by atoms with Gasteiger partial charge in [-0.05, 0) is 69.0 Å². The summed E-state index contributed by atoms with van der Waals surface area (Å²) in [6, 6.07) is 11.5. The van der Waals surface area contributed by atoms with E-state index in [4.69, 9.17) is 26.7 Å². The number of thioether (sulfide) groups is 1. The molecule has 0 aliphatic carbocycles. The van der Waals surface area contributed by atoms with Crippen molar-refractivity contribution in [1.82, 2.24) is 14.3 Å². The van der Waals surface area contributed by atoms with Crippen LogP contribution in [0.1, 0.15) is 37.0 Å². The van der Waals surface area contributed by atoms with Gasteiger partial charge in [-0.15, -0.1) is 0 Å². The minimum Gasteiger partial charge on any atom is -0.497 e. The van der Waals surface area contributed by atoms with Crippen molar-refractivity contribution < 1.29 is 14.3 Å².